The van der Waals surface area contributed by atoms with Gasteiger partial charge in [0.2, 0.25) is 0 Å². The third kappa shape index (κ3) is 16.6. The highest BCUT2D eigenvalue weighted by Gasteiger charge is 2.29. The highest BCUT2D eigenvalue weighted by atomic mass is 19.1. The summed E-state index contributed by atoms with van der Waals surface area (Å²) < 4.78 is 25.1. The lowest BCUT2D eigenvalue weighted by atomic mass is 9.88. The summed E-state index contributed by atoms with van der Waals surface area (Å²) in [5.41, 5.74) is 8.69. The molecule has 238 valence electrons. The minimum atomic E-state index is -0.167. The average molecular weight is 586 g/mol. The maximum atomic E-state index is 12.9. The summed E-state index contributed by atoms with van der Waals surface area (Å²) in [4.78, 5) is 8.81. The standard InChI is InChI=1S/C15H16FN.C8H9F.C7H16.C4H10.C2H4O.C2H6/c1-9-7-15-13(10(9)2)8-14(17-15)11-3-5-12(16)6-4-11;1-2-7-3-5-8(9)6-4-7;1-5-7(3,4)6-2;1-3-4-2;1-2-3;1-2/h3-6,14,17H,7-8H2,1-2H3;3-6H,2H2,1H3;5-6H2,1-4H3;3-4H2,1-2H3;2H,1H3;1-2H3. The van der Waals surface area contributed by atoms with Gasteiger partial charge in [-0.1, -0.05) is 118 Å². The van der Waals surface area contributed by atoms with E-state index in [0.717, 1.165) is 25.5 Å². The van der Waals surface area contributed by atoms with Crippen LogP contribution in [-0.2, 0) is 11.2 Å². The molecule has 0 aromatic heterocycles. The van der Waals surface area contributed by atoms with Gasteiger partial charge in [-0.25, -0.2) is 8.78 Å². The molecule has 0 saturated carbocycles. The molecule has 2 aromatic carbocycles. The number of nitrogens with one attached hydrogen (secondary N) is 1. The molecule has 2 aliphatic rings. The lowest BCUT2D eigenvalue weighted by Crippen LogP contribution is -2.14. The van der Waals surface area contributed by atoms with Gasteiger partial charge in [0.15, 0.2) is 0 Å². The van der Waals surface area contributed by atoms with Gasteiger partial charge in [-0.3, -0.25) is 0 Å². The van der Waals surface area contributed by atoms with E-state index < -0.39 is 0 Å². The van der Waals surface area contributed by atoms with Gasteiger partial charge >= 0.3 is 0 Å². The number of aryl methyl sites for hydroxylation is 1. The van der Waals surface area contributed by atoms with Gasteiger partial charge in [-0.15, -0.1) is 0 Å². The van der Waals surface area contributed by atoms with Crippen molar-refractivity contribution in [1.29, 1.82) is 0 Å². The molecule has 1 aliphatic heterocycles. The summed E-state index contributed by atoms with van der Waals surface area (Å²) in [5.74, 6) is -0.327. The number of allylic oxidation sites excluding steroid dienone is 2. The van der Waals surface area contributed by atoms with Crippen LogP contribution in [0.4, 0.5) is 8.78 Å². The van der Waals surface area contributed by atoms with Crippen LogP contribution in [0.1, 0.15) is 139 Å². The number of halogens is 2. The summed E-state index contributed by atoms with van der Waals surface area (Å²) in [5, 5.41) is 3.56. The van der Waals surface area contributed by atoms with E-state index in [9.17, 15) is 8.78 Å². The number of rotatable bonds is 5. The molecule has 1 atom stereocenters. The fraction of sp³-hybridized carbons (Fsp3) is 0.553. The Morgan fingerprint density at radius 3 is 1.60 bits per heavy atom. The molecule has 1 N–H and O–H groups in total. The monoisotopic (exact) mass is 585 g/mol. The maximum Gasteiger partial charge on any atom is 0.123 e. The zero-order valence-electron chi connectivity index (χ0n) is 28.9. The zero-order valence-corrected chi connectivity index (χ0v) is 28.9. The molecule has 0 spiro atoms. The van der Waals surface area contributed by atoms with Crippen LogP contribution in [0.5, 0.6) is 0 Å². The van der Waals surface area contributed by atoms with Crippen molar-refractivity contribution in [2.24, 2.45) is 5.41 Å². The van der Waals surface area contributed by atoms with E-state index in [1.165, 1.54) is 90.4 Å². The van der Waals surface area contributed by atoms with E-state index in [4.69, 9.17) is 4.79 Å². The smallest absolute Gasteiger partial charge is 0.123 e. The highest BCUT2D eigenvalue weighted by molar-refractivity contribution is 5.49. The largest absolute Gasteiger partial charge is 0.381 e. The molecule has 0 radical (unpaired) electrons. The average Bonchev–Trinajstić information content (AvgIpc) is 3.54. The van der Waals surface area contributed by atoms with Crippen molar-refractivity contribution in [2.75, 3.05) is 0 Å². The molecule has 1 heterocycles. The van der Waals surface area contributed by atoms with Crippen LogP contribution in [0.3, 0.4) is 0 Å². The van der Waals surface area contributed by atoms with Crippen molar-refractivity contribution < 1.29 is 13.6 Å². The number of carbonyl (C=O) groups excluding carboxylic acids is 1. The van der Waals surface area contributed by atoms with Gasteiger partial charge < -0.3 is 10.1 Å². The molecule has 0 bridgehead atoms. The molecule has 1 aliphatic carbocycles. The number of benzene rings is 2. The molecule has 4 rings (SSSR count). The first-order valence-corrected chi connectivity index (χ1v) is 16.0. The molecule has 0 saturated heterocycles. The number of hydrogen-bond acceptors (Lipinski definition) is 2. The number of unbranched alkanes of at least 4 members (excludes halogenated alkanes) is 1. The molecular formula is C38H61F2NO. The van der Waals surface area contributed by atoms with Crippen LogP contribution < -0.4 is 5.32 Å². The SMILES string of the molecule is CC.CC1=C(C)C2=C(C1)NC(c1ccc(F)cc1)C2.CC=O.CCC(C)(C)CC.CCCC.CCc1ccc(F)cc1. The Kier molecular flexibility index (Phi) is 23.4. The Morgan fingerprint density at radius 1 is 0.833 bits per heavy atom. The van der Waals surface area contributed by atoms with Gasteiger partial charge in [0.1, 0.15) is 17.9 Å². The van der Waals surface area contributed by atoms with E-state index in [-0.39, 0.29) is 11.6 Å². The summed E-state index contributed by atoms with van der Waals surface area (Å²) in [7, 11) is 0. The normalized spacial score (nSPS) is 14.6. The highest BCUT2D eigenvalue weighted by Crippen LogP contribution is 2.42. The second kappa shape index (κ2) is 23.8. The minimum Gasteiger partial charge on any atom is -0.381 e. The predicted molar refractivity (Wildman–Crippen MR) is 181 cm³/mol. The summed E-state index contributed by atoms with van der Waals surface area (Å²) in [6.45, 7) is 25.3. The first-order valence-electron chi connectivity index (χ1n) is 16.0. The van der Waals surface area contributed by atoms with Crippen LogP contribution in [0.2, 0.25) is 0 Å². The van der Waals surface area contributed by atoms with Crippen molar-refractivity contribution in [2.45, 2.75) is 134 Å². The Bertz CT molecular complexity index is 1030. The fourth-order valence-electron chi connectivity index (χ4n) is 3.73. The second-order valence-electron chi connectivity index (χ2n) is 11.1. The fourth-order valence-corrected chi connectivity index (χ4v) is 3.73. The topological polar surface area (TPSA) is 29.1 Å². The number of aldehydes is 1. The zero-order chi connectivity index (χ0) is 32.7. The van der Waals surface area contributed by atoms with E-state index in [1.54, 1.807) is 12.1 Å². The summed E-state index contributed by atoms with van der Waals surface area (Å²) in [6, 6.07) is 13.7. The van der Waals surface area contributed by atoms with E-state index in [2.05, 4.69) is 60.7 Å². The van der Waals surface area contributed by atoms with Crippen LogP contribution in [0.25, 0.3) is 0 Å². The van der Waals surface area contributed by atoms with Crippen LogP contribution in [-0.4, -0.2) is 6.29 Å². The third-order valence-electron chi connectivity index (χ3n) is 7.66. The lowest BCUT2D eigenvalue weighted by molar-refractivity contribution is -0.106. The van der Waals surface area contributed by atoms with Crippen molar-refractivity contribution in [1.82, 2.24) is 5.32 Å². The van der Waals surface area contributed by atoms with E-state index >= 15 is 0 Å². The van der Waals surface area contributed by atoms with Crippen LogP contribution in [0, 0.1) is 17.0 Å². The van der Waals surface area contributed by atoms with Crippen molar-refractivity contribution in [3.05, 3.63) is 93.7 Å². The van der Waals surface area contributed by atoms with Gasteiger partial charge in [0.05, 0.1) is 6.04 Å². The lowest BCUT2D eigenvalue weighted by Gasteiger charge is -2.18. The number of carbonyl (C=O) groups is 1. The Balaban J connectivity index is 0. The Labute approximate surface area is 258 Å². The van der Waals surface area contributed by atoms with Gasteiger partial charge in [0.25, 0.3) is 0 Å². The van der Waals surface area contributed by atoms with Crippen molar-refractivity contribution in [3.63, 3.8) is 0 Å². The molecule has 2 aromatic rings. The summed E-state index contributed by atoms with van der Waals surface area (Å²) in [6.07, 6.45) is 9.04. The number of hydrogen-bond donors (Lipinski definition) is 1. The van der Waals surface area contributed by atoms with E-state index in [1.807, 2.05) is 32.9 Å². The van der Waals surface area contributed by atoms with Gasteiger partial charge in [-0.05, 0) is 85.6 Å². The summed E-state index contributed by atoms with van der Waals surface area (Å²) >= 11 is 0. The van der Waals surface area contributed by atoms with Gasteiger partial charge in [0, 0.05) is 12.1 Å². The molecule has 42 heavy (non-hydrogen) atoms. The van der Waals surface area contributed by atoms with E-state index in [0.29, 0.717) is 11.5 Å². The van der Waals surface area contributed by atoms with Crippen LogP contribution in [0.15, 0.2) is 70.9 Å². The Hall–Kier alpha value is -2.75. The predicted octanol–water partition coefficient (Wildman–Crippen LogP) is 12.1. The molecule has 0 fully saturated rings. The molecule has 2 nitrogen and oxygen atoms in total. The molecule has 4 heteroatoms. The molecule has 1 unspecified atom stereocenters. The maximum absolute atomic E-state index is 12.9. The first-order chi connectivity index (χ1) is 19.9. The van der Waals surface area contributed by atoms with Crippen molar-refractivity contribution in [3.8, 4) is 0 Å². The second-order valence-corrected chi connectivity index (χ2v) is 11.1. The van der Waals surface area contributed by atoms with Gasteiger partial charge in [-0.2, -0.15) is 0 Å². The van der Waals surface area contributed by atoms with Crippen molar-refractivity contribution >= 4 is 6.29 Å². The minimum absolute atomic E-state index is 0.160. The molecule has 0 amide bonds. The quantitative estimate of drug-likeness (QED) is 0.354. The third-order valence-corrected chi connectivity index (χ3v) is 7.66. The Morgan fingerprint density at radius 2 is 1.26 bits per heavy atom. The first kappa shape index (κ1) is 41.4. The molecular weight excluding hydrogens is 524 g/mol. The van der Waals surface area contributed by atoms with Crippen LogP contribution >= 0.6 is 0 Å².